The first-order valence-corrected chi connectivity index (χ1v) is 16.9. The van der Waals surface area contributed by atoms with Crippen molar-refractivity contribution in [1.29, 1.82) is 0 Å². The molecule has 0 aromatic carbocycles. The van der Waals surface area contributed by atoms with Crippen LogP contribution in [0.15, 0.2) is 0 Å². The van der Waals surface area contributed by atoms with E-state index in [9.17, 15) is 4.39 Å². The fraction of sp³-hybridized carbons (Fsp3) is 1.00. The Morgan fingerprint density at radius 3 is 1.51 bits per heavy atom. The van der Waals surface area contributed by atoms with Gasteiger partial charge in [-0.15, -0.1) is 0 Å². The Labute approximate surface area is 227 Å². The van der Waals surface area contributed by atoms with Gasteiger partial charge in [0.15, 0.2) is 0 Å². The zero-order chi connectivity index (χ0) is 26.2. The van der Waals surface area contributed by atoms with Gasteiger partial charge in [-0.3, -0.25) is 0 Å². The van der Waals surface area contributed by atoms with Crippen LogP contribution in [0.4, 0.5) is 13.2 Å². The van der Waals surface area contributed by atoms with E-state index in [0.29, 0.717) is 23.7 Å². The summed E-state index contributed by atoms with van der Waals surface area (Å²) in [6.07, 6.45) is 20.9. The zero-order valence-electron chi connectivity index (χ0n) is 24.3. The quantitative estimate of drug-likeness (QED) is 0.236. The maximum Gasteiger partial charge on any atom is 0.134 e. The fourth-order valence-corrected chi connectivity index (χ4v) is 9.36. The van der Waals surface area contributed by atoms with E-state index in [1.807, 2.05) is 0 Å². The lowest BCUT2D eigenvalue weighted by Crippen LogP contribution is -2.45. The van der Waals surface area contributed by atoms with Gasteiger partial charge in [0, 0.05) is 0 Å². The highest BCUT2D eigenvalue weighted by atomic mass is 19.2. The third-order valence-electron chi connectivity index (χ3n) is 11.8. The lowest BCUT2D eigenvalue weighted by molar-refractivity contribution is -0.0372. The predicted octanol–water partition coefficient (Wildman–Crippen LogP) is 11.2. The Kier molecular flexibility index (Phi) is 12.0. The number of alkyl halides is 3. The summed E-state index contributed by atoms with van der Waals surface area (Å²) in [5, 5.41) is 0. The van der Waals surface area contributed by atoms with Crippen LogP contribution in [0.1, 0.15) is 149 Å². The van der Waals surface area contributed by atoms with Gasteiger partial charge in [-0.1, -0.05) is 84.5 Å². The molecule has 0 saturated heterocycles. The highest BCUT2D eigenvalue weighted by Gasteiger charge is 2.46. The van der Waals surface area contributed by atoms with E-state index in [2.05, 4.69) is 13.8 Å². The highest BCUT2D eigenvalue weighted by Crippen LogP contribution is 2.49. The van der Waals surface area contributed by atoms with Crippen molar-refractivity contribution >= 4 is 0 Å². The van der Waals surface area contributed by atoms with Crippen molar-refractivity contribution in [2.75, 3.05) is 0 Å². The second-order valence-electron chi connectivity index (χ2n) is 14.2. The molecule has 0 aromatic rings. The average Bonchev–Trinajstić information content (AvgIpc) is 2.91. The first kappa shape index (κ1) is 29.8. The van der Waals surface area contributed by atoms with Crippen molar-refractivity contribution in [2.45, 2.75) is 167 Å². The molecule has 4 fully saturated rings. The molecule has 4 aliphatic rings. The molecule has 0 bridgehead atoms. The molecule has 7 unspecified atom stereocenters. The Morgan fingerprint density at radius 2 is 1.00 bits per heavy atom. The van der Waals surface area contributed by atoms with Crippen molar-refractivity contribution in [3.05, 3.63) is 0 Å². The molecule has 0 aliphatic heterocycles. The molecular weight excluding hydrogens is 465 g/mol. The standard InChI is InChI=1S/C34H59F3/c1-3-5-6-8-29-20-15-26(23-32(29)35)10-9-25-13-18-28(19-14-25)31-22-21-30(33(36)34(31)37)27-16-11-24(7-4-2)12-17-27/h24-34H,3-23H2,1-2H3. The topological polar surface area (TPSA) is 0 Å². The van der Waals surface area contributed by atoms with E-state index in [1.54, 1.807) is 0 Å². The van der Waals surface area contributed by atoms with E-state index in [-0.39, 0.29) is 11.8 Å². The summed E-state index contributed by atoms with van der Waals surface area (Å²) in [5.74, 6) is 3.20. The molecule has 4 saturated carbocycles. The van der Waals surface area contributed by atoms with Gasteiger partial charge in [-0.25, -0.2) is 13.2 Å². The van der Waals surface area contributed by atoms with Gasteiger partial charge in [0.05, 0.1) is 0 Å². The van der Waals surface area contributed by atoms with Gasteiger partial charge < -0.3 is 0 Å². The molecule has 7 atom stereocenters. The Balaban J connectivity index is 1.14. The molecule has 0 spiro atoms. The summed E-state index contributed by atoms with van der Waals surface area (Å²) in [6.45, 7) is 4.48. The van der Waals surface area contributed by atoms with E-state index in [0.717, 1.165) is 69.6 Å². The second kappa shape index (κ2) is 15.0. The molecule has 4 aliphatic carbocycles. The van der Waals surface area contributed by atoms with Crippen molar-refractivity contribution < 1.29 is 13.2 Å². The van der Waals surface area contributed by atoms with Crippen LogP contribution in [0, 0.1) is 47.3 Å². The third kappa shape index (κ3) is 8.15. The van der Waals surface area contributed by atoms with Crippen LogP contribution in [-0.2, 0) is 0 Å². The van der Waals surface area contributed by atoms with Crippen LogP contribution in [0.25, 0.3) is 0 Å². The van der Waals surface area contributed by atoms with Crippen LogP contribution >= 0.6 is 0 Å². The molecule has 0 N–H and O–H groups in total. The summed E-state index contributed by atoms with van der Waals surface area (Å²) in [5.41, 5.74) is 0. The number of halogens is 3. The Morgan fingerprint density at radius 1 is 0.486 bits per heavy atom. The molecule has 0 aromatic heterocycles. The van der Waals surface area contributed by atoms with Gasteiger partial charge in [0.1, 0.15) is 18.5 Å². The lowest BCUT2D eigenvalue weighted by atomic mass is 9.63. The minimum atomic E-state index is -1.23. The summed E-state index contributed by atoms with van der Waals surface area (Å²) in [6, 6.07) is 0. The molecule has 4 rings (SSSR count). The molecule has 0 amide bonds. The van der Waals surface area contributed by atoms with E-state index in [1.165, 1.54) is 77.0 Å². The lowest BCUT2D eigenvalue weighted by Gasteiger charge is -2.45. The van der Waals surface area contributed by atoms with E-state index in [4.69, 9.17) is 0 Å². The normalized spacial score (nSPS) is 43.5. The van der Waals surface area contributed by atoms with Crippen molar-refractivity contribution in [2.24, 2.45) is 47.3 Å². The van der Waals surface area contributed by atoms with E-state index < -0.39 is 18.5 Å². The summed E-state index contributed by atoms with van der Waals surface area (Å²) in [7, 11) is 0. The molecule has 3 heteroatoms. The first-order chi connectivity index (χ1) is 18.0. The van der Waals surface area contributed by atoms with Gasteiger partial charge in [0.2, 0.25) is 0 Å². The van der Waals surface area contributed by atoms with Crippen LogP contribution < -0.4 is 0 Å². The SMILES string of the molecule is CCCCCC1CCC(CCC2CCC(C3CCC(C4CCC(CCC)CC4)C(F)C3F)CC2)CC1F. The van der Waals surface area contributed by atoms with Crippen molar-refractivity contribution in [3.63, 3.8) is 0 Å². The van der Waals surface area contributed by atoms with Crippen LogP contribution in [-0.4, -0.2) is 18.5 Å². The monoisotopic (exact) mass is 524 g/mol. The van der Waals surface area contributed by atoms with Crippen molar-refractivity contribution in [3.8, 4) is 0 Å². The zero-order valence-corrected chi connectivity index (χ0v) is 24.3. The maximum atomic E-state index is 15.5. The molecule has 37 heavy (non-hydrogen) atoms. The Hall–Kier alpha value is -0.210. The molecule has 0 radical (unpaired) electrons. The summed E-state index contributed by atoms with van der Waals surface area (Å²) in [4.78, 5) is 0. The first-order valence-electron chi connectivity index (χ1n) is 16.9. The summed E-state index contributed by atoms with van der Waals surface area (Å²) < 4.78 is 45.6. The van der Waals surface area contributed by atoms with E-state index >= 15 is 8.78 Å². The second-order valence-corrected chi connectivity index (χ2v) is 14.2. The Bertz CT molecular complexity index is 621. The molecular formula is C34H59F3. The van der Waals surface area contributed by atoms with Crippen LogP contribution in [0.5, 0.6) is 0 Å². The average molecular weight is 525 g/mol. The number of hydrogen-bond acceptors (Lipinski definition) is 0. The minimum absolute atomic E-state index is 0.0220. The van der Waals surface area contributed by atoms with Crippen LogP contribution in [0.2, 0.25) is 0 Å². The largest absolute Gasteiger partial charge is 0.247 e. The molecule has 216 valence electrons. The molecule has 0 heterocycles. The summed E-state index contributed by atoms with van der Waals surface area (Å²) >= 11 is 0. The maximum absolute atomic E-state index is 15.5. The molecule has 0 nitrogen and oxygen atoms in total. The van der Waals surface area contributed by atoms with Gasteiger partial charge >= 0.3 is 0 Å². The third-order valence-corrected chi connectivity index (χ3v) is 11.8. The minimum Gasteiger partial charge on any atom is -0.247 e. The van der Waals surface area contributed by atoms with Crippen LogP contribution in [0.3, 0.4) is 0 Å². The predicted molar refractivity (Wildman–Crippen MR) is 151 cm³/mol. The number of unbranched alkanes of at least 4 members (excludes halogenated alkanes) is 2. The van der Waals surface area contributed by atoms with Gasteiger partial charge in [-0.05, 0) is 112 Å². The highest BCUT2D eigenvalue weighted by molar-refractivity contribution is 4.95. The fourth-order valence-electron chi connectivity index (χ4n) is 9.36. The van der Waals surface area contributed by atoms with Crippen molar-refractivity contribution in [1.82, 2.24) is 0 Å². The smallest absolute Gasteiger partial charge is 0.134 e. The van der Waals surface area contributed by atoms with Gasteiger partial charge in [0.25, 0.3) is 0 Å². The van der Waals surface area contributed by atoms with Gasteiger partial charge in [-0.2, -0.15) is 0 Å². The number of hydrogen-bond donors (Lipinski definition) is 0. The number of rotatable bonds is 11.